The van der Waals surface area contributed by atoms with Crippen LogP contribution in [0.2, 0.25) is 19.6 Å². The highest BCUT2D eigenvalue weighted by Gasteiger charge is 2.36. The summed E-state index contributed by atoms with van der Waals surface area (Å²) in [5, 5.41) is 0. The zero-order valence-corrected chi connectivity index (χ0v) is 10.2. The molecule has 0 N–H and O–H groups in total. The third-order valence-electron chi connectivity index (χ3n) is 1.57. The highest BCUT2D eigenvalue weighted by Crippen LogP contribution is 2.15. The van der Waals surface area contributed by atoms with Crippen molar-refractivity contribution in [2.24, 2.45) is 0 Å². The maximum Gasteiger partial charge on any atom is 0.352 e. The molecule has 0 aliphatic rings. The summed E-state index contributed by atoms with van der Waals surface area (Å²) in [6.07, 6.45) is 0. The molecule has 3 nitrogen and oxygen atoms in total. The van der Waals surface area contributed by atoms with Gasteiger partial charge in [-0.1, -0.05) is 5.70 Å². The second kappa shape index (κ2) is 4.34. The second-order valence-corrected chi connectivity index (χ2v) is 9.82. The highest BCUT2D eigenvalue weighted by atomic mass is 28.5. The van der Waals surface area contributed by atoms with Gasteiger partial charge in [0.25, 0.3) is 0 Å². The first kappa shape index (κ1) is 10.1. The predicted molar refractivity (Wildman–Crippen MR) is 54.4 cm³/mol. The van der Waals surface area contributed by atoms with Crippen LogP contribution in [-0.2, 0) is 13.0 Å². The molecule has 0 rings (SSSR count). The van der Waals surface area contributed by atoms with E-state index in [2.05, 4.69) is 6.58 Å². The Bertz CT molecular complexity index is 177. The molecule has 1 atom stereocenters. The van der Waals surface area contributed by atoms with E-state index in [4.69, 9.17) is 14.3 Å². The van der Waals surface area contributed by atoms with E-state index >= 15 is 0 Å². The molecular formula is C7H18O3Si2. The molecule has 0 heterocycles. The quantitative estimate of drug-likeness (QED) is 0.645. The SMILES string of the molecule is [3H]CO[Si](C)(C)O[Si](C)(C=C)OC. The summed E-state index contributed by atoms with van der Waals surface area (Å²) in [5.41, 5.74) is 1.72. The summed E-state index contributed by atoms with van der Waals surface area (Å²) in [4.78, 5) is 0. The van der Waals surface area contributed by atoms with Gasteiger partial charge in [-0.25, -0.2) is 0 Å². The molecule has 0 saturated heterocycles. The van der Waals surface area contributed by atoms with Gasteiger partial charge in [0.05, 0.1) is 1.37 Å². The van der Waals surface area contributed by atoms with Gasteiger partial charge < -0.3 is 13.0 Å². The molecule has 0 aromatic heterocycles. The summed E-state index contributed by atoms with van der Waals surface area (Å²) in [7, 11) is -2.91. The van der Waals surface area contributed by atoms with Crippen molar-refractivity contribution in [2.75, 3.05) is 14.2 Å². The van der Waals surface area contributed by atoms with E-state index in [-0.39, 0.29) is 7.09 Å². The van der Waals surface area contributed by atoms with Crippen LogP contribution < -0.4 is 0 Å². The van der Waals surface area contributed by atoms with Crippen molar-refractivity contribution in [2.45, 2.75) is 19.6 Å². The molecule has 0 amide bonds. The lowest BCUT2D eigenvalue weighted by Gasteiger charge is -2.30. The highest BCUT2D eigenvalue weighted by molar-refractivity contribution is 6.82. The van der Waals surface area contributed by atoms with Gasteiger partial charge in [0.2, 0.25) is 0 Å². The van der Waals surface area contributed by atoms with Crippen molar-refractivity contribution in [1.29, 1.82) is 0 Å². The van der Waals surface area contributed by atoms with Gasteiger partial charge in [-0.2, -0.15) is 0 Å². The maximum absolute atomic E-state index is 6.96. The second-order valence-electron chi connectivity index (χ2n) is 3.07. The van der Waals surface area contributed by atoms with E-state index in [9.17, 15) is 0 Å². The van der Waals surface area contributed by atoms with Crippen LogP contribution in [0.15, 0.2) is 12.3 Å². The van der Waals surface area contributed by atoms with Crippen LogP contribution in [0.3, 0.4) is 0 Å². The van der Waals surface area contributed by atoms with E-state index in [1.165, 1.54) is 0 Å². The fourth-order valence-electron chi connectivity index (χ4n) is 0.684. The zero-order valence-electron chi connectivity index (χ0n) is 9.22. The van der Waals surface area contributed by atoms with Crippen LogP contribution in [0.4, 0.5) is 0 Å². The average Bonchev–Trinajstić information content (AvgIpc) is 2.03. The first-order chi connectivity index (χ1) is 5.89. The lowest BCUT2D eigenvalue weighted by Crippen LogP contribution is -2.48. The summed E-state index contributed by atoms with van der Waals surface area (Å²) in [6, 6.07) is 0. The summed E-state index contributed by atoms with van der Waals surface area (Å²) < 4.78 is 23.2. The van der Waals surface area contributed by atoms with Crippen LogP contribution in [0.25, 0.3) is 0 Å². The van der Waals surface area contributed by atoms with Gasteiger partial charge in [0, 0.05) is 14.2 Å². The van der Waals surface area contributed by atoms with E-state index in [1.54, 1.807) is 12.8 Å². The normalized spacial score (nSPS) is 18.2. The summed E-state index contributed by atoms with van der Waals surface area (Å²) in [5.74, 6) is 0. The molecule has 0 aromatic rings. The van der Waals surface area contributed by atoms with Gasteiger partial charge in [-0.15, -0.1) is 6.58 Å². The molecule has 0 aliphatic carbocycles. The molecule has 0 saturated carbocycles. The molecular weight excluding hydrogens is 188 g/mol. The molecule has 1 unspecified atom stereocenters. The van der Waals surface area contributed by atoms with Gasteiger partial charge in [-0.05, 0) is 19.6 Å². The molecule has 0 aliphatic heterocycles. The summed E-state index contributed by atoms with van der Waals surface area (Å²) in [6.45, 7) is 9.38. The molecule has 5 heteroatoms. The number of rotatable bonds is 5. The Hall–Kier alpha value is 0.0538. The molecule has 0 spiro atoms. The van der Waals surface area contributed by atoms with Gasteiger partial charge >= 0.3 is 17.1 Å². The minimum absolute atomic E-state index is 0.0649. The van der Waals surface area contributed by atoms with Gasteiger partial charge in [0.15, 0.2) is 0 Å². The van der Waals surface area contributed by atoms with Gasteiger partial charge in [0.1, 0.15) is 0 Å². The fraction of sp³-hybridized carbons (Fsp3) is 0.714. The van der Waals surface area contributed by atoms with Crippen molar-refractivity contribution in [3.63, 3.8) is 0 Å². The number of hydrogen-bond donors (Lipinski definition) is 0. The van der Waals surface area contributed by atoms with Crippen LogP contribution in [-0.4, -0.2) is 31.3 Å². The van der Waals surface area contributed by atoms with Crippen molar-refractivity contribution >= 4 is 17.1 Å². The smallest absolute Gasteiger partial charge is 0.352 e. The van der Waals surface area contributed by atoms with Crippen molar-refractivity contribution < 1.29 is 14.3 Å². The lowest BCUT2D eigenvalue weighted by molar-refractivity contribution is 0.255. The zero-order chi connectivity index (χ0) is 10.5. The molecule has 0 bridgehead atoms. The third-order valence-corrected chi connectivity index (χ3v) is 7.41. The molecule has 0 aromatic carbocycles. The topological polar surface area (TPSA) is 27.7 Å². The third kappa shape index (κ3) is 3.64. The Balaban J connectivity index is 4.29. The standard InChI is InChI=1S/C7H18O3Si2/c1-7-12(6,9-3)10-11(4,5)8-2/h7H,1H2,2-6H3/i2T. The maximum atomic E-state index is 6.96. The minimum atomic E-state index is -2.25. The van der Waals surface area contributed by atoms with Crippen molar-refractivity contribution in [1.82, 2.24) is 0 Å². The Labute approximate surface area is 78.2 Å². The monoisotopic (exact) mass is 208 g/mol. The van der Waals surface area contributed by atoms with Crippen LogP contribution >= 0.6 is 0 Å². The number of hydrogen-bond acceptors (Lipinski definition) is 3. The van der Waals surface area contributed by atoms with Crippen LogP contribution in [0.5, 0.6) is 0 Å². The fourth-order valence-corrected chi connectivity index (χ4v) is 5.66. The largest absolute Gasteiger partial charge is 0.412 e. The van der Waals surface area contributed by atoms with Crippen molar-refractivity contribution in [3.8, 4) is 0 Å². The van der Waals surface area contributed by atoms with Crippen LogP contribution in [0.1, 0.15) is 1.37 Å². The molecule has 12 heavy (non-hydrogen) atoms. The summed E-state index contributed by atoms with van der Waals surface area (Å²) >= 11 is 0. The lowest BCUT2D eigenvalue weighted by atomic mass is 11.3. The van der Waals surface area contributed by atoms with E-state index in [0.29, 0.717) is 0 Å². The average molecular weight is 208 g/mol. The van der Waals surface area contributed by atoms with Crippen molar-refractivity contribution in [3.05, 3.63) is 12.3 Å². The van der Waals surface area contributed by atoms with E-state index in [1.807, 2.05) is 19.6 Å². The first-order valence-corrected chi connectivity index (χ1v) is 8.92. The van der Waals surface area contributed by atoms with Crippen LogP contribution in [0, 0.1) is 0 Å². The Morgan fingerprint density at radius 2 is 1.92 bits per heavy atom. The first-order valence-electron chi connectivity index (χ1n) is 4.42. The Morgan fingerprint density at radius 3 is 2.25 bits per heavy atom. The Morgan fingerprint density at radius 1 is 1.33 bits per heavy atom. The molecule has 72 valence electrons. The van der Waals surface area contributed by atoms with E-state index < -0.39 is 17.1 Å². The van der Waals surface area contributed by atoms with Gasteiger partial charge in [-0.3, -0.25) is 0 Å². The van der Waals surface area contributed by atoms with E-state index in [0.717, 1.165) is 0 Å². The molecule has 0 fully saturated rings. The molecule has 0 radical (unpaired) electrons. The predicted octanol–water partition coefficient (Wildman–Crippen LogP) is 1.79. The minimum Gasteiger partial charge on any atom is -0.412 e. The Kier molecular flexibility index (Phi) is 3.66.